The number of alkyl halides is 1. The minimum absolute atomic E-state index is 0.0520. The Hall–Kier alpha value is -1.88. The molecule has 2 N–H and O–H groups in total. The van der Waals surface area contributed by atoms with Crippen LogP contribution >= 0.6 is 11.3 Å². The molecule has 0 unspecified atom stereocenters. The molecule has 1 aromatic heterocycles. The molecule has 1 heterocycles. The molecule has 0 aliphatic heterocycles. The van der Waals surface area contributed by atoms with Gasteiger partial charge >= 0.3 is 6.03 Å². The molecule has 1 aromatic carbocycles. The summed E-state index contributed by atoms with van der Waals surface area (Å²) in [5.41, 5.74) is 4.90. The number of halogens is 1. The average molecular weight is 306 g/mol. The summed E-state index contributed by atoms with van der Waals surface area (Å²) >= 11 is 1.67. The fourth-order valence-corrected chi connectivity index (χ4v) is 2.94. The van der Waals surface area contributed by atoms with Gasteiger partial charge in [0.25, 0.3) is 0 Å². The number of amides is 2. The molecule has 0 fully saturated rings. The smallest absolute Gasteiger partial charge is 0.314 e. The highest BCUT2D eigenvalue weighted by Crippen LogP contribution is 2.29. The van der Waals surface area contributed by atoms with E-state index in [0.717, 1.165) is 6.42 Å². The standard InChI is InChI=1S/C16H19FN2OS/c1-12-3-2-4-13(15(12)14-6-10-21-11-14)5-8-18-16(20)19-9-7-17/h2-4,6,10-11H,5,7-9H2,1H3,(H2,18,19,20). The maximum absolute atomic E-state index is 12.0. The van der Waals surface area contributed by atoms with Crippen LogP contribution < -0.4 is 10.6 Å². The topological polar surface area (TPSA) is 41.1 Å². The number of hydrogen-bond donors (Lipinski definition) is 2. The quantitative estimate of drug-likeness (QED) is 0.842. The largest absolute Gasteiger partial charge is 0.338 e. The van der Waals surface area contributed by atoms with E-state index in [9.17, 15) is 9.18 Å². The summed E-state index contributed by atoms with van der Waals surface area (Å²) in [7, 11) is 0. The fraction of sp³-hybridized carbons (Fsp3) is 0.312. The van der Waals surface area contributed by atoms with Crippen LogP contribution in [-0.2, 0) is 6.42 Å². The molecule has 112 valence electrons. The predicted molar refractivity (Wildman–Crippen MR) is 85.6 cm³/mol. The van der Waals surface area contributed by atoms with E-state index in [2.05, 4.69) is 46.5 Å². The van der Waals surface area contributed by atoms with Crippen LogP contribution in [0.4, 0.5) is 9.18 Å². The normalized spacial score (nSPS) is 10.4. The maximum atomic E-state index is 12.0. The number of aryl methyl sites for hydroxylation is 1. The first-order chi connectivity index (χ1) is 10.2. The Bertz CT molecular complexity index is 584. The first kappa shape index (κ1) is 15.5. The highest BCUT2D eigenvalue weighted by molar-refractivity contribution is 7.08. The van der Waals surface area contributed by atoms with Crippen molar-refractivity contribution in [2.24, 2.45) is 0 Å². The number of carbonyl (C=O) groups is 1. The van der Waals surface area contributed by atoms with Crippen LogP contribution in [0.1, 0.15) is 11.1 Å². The summed E-state index contributed by atoms with van der Waals surface area (Å²) in [5.74, 6) is 0. The van der Waals surface area contributed by atoms with E-state index in [-0.39, 0.29) is 12.6 Å². The second-order valence-electron chi connectivity index (χ2n) is 4.74. The van der Waals surface area contributed by atoms with Gasteiger partial charge in [-0.05, 0) is 52.4 Å². The van der Waals surface area contributed by atoms with Gasteiger partial charge < -0.3 is 10.6 Å². The Morgan fingerprint density at radius 2 is 2.05 bits per heavy atom. The molecule has 0 spiro atoms. The third-order valence-corrected chi connectivity index (χ3v) is 3.91. The molecule has 2 amide bonds. The lowest BCUT2D eigenvalue weighted by Gasteiger charge is -2.12. The number of nitrogens with one attached hydrogen (secondary N) is 2. The van der Waals surface area contributed by atoms with E-state index in [1.54, 1.807) is 11.3 Å². The van der Waals surface area contributed by atoms with E-state index in [1.165, 1.54) is 22.3 Å². The molecule has 3 nitrogen and oxygen atoms in total. The zero-order valence-corrected chi connectivity index (χ0v) is 12.8. The van der Waals surface area contributed by atoms with Gasteiger partial charge in [0, 0.05) is 13.1 Å². The van der Waals surface area contributed by atoms with Crippen LogP contribution in [0.2, 0.25) is 0 Å². The summed E-state index contributed by atoms with van der Waals surface area (Å²) in [5, 5.41) is 9.39. The van der Waals surface area contributed by atoms with Crippen LogP contribution in [0.15, 0.2) is 35.0 Å². The third kappa shape index (κ3) is 4.29. The SMILES string of the molecule is Cc1cccc(CCNC(=O)NCCF)c1-c1ccsc1. The van der Waals surface area contributed by atoms with Gasteiger partial charge in [-0.25, -0.2) is 9.18 Å². The van der Waals surface area contributed by atoms with Crippen molar-refractivity contribution in [1.82, 2.24) is 10.6 Å². The summed E-state index contributed by atoms with van der Waals surface area (Å²) in [6, 6.07) is 8.00. The Labute approximate surface area is 128 Å². The van der Waals surface area contributed by atoms with Gasteiger partial charge in [0.2, 0.25) is 0 Å². The number of urea groups is 1. The minimum atomic E-state index is -0.548. The van der Waals surface area contributed by atoms with E-state index >= 15 is 0 Å². The second-order valence-corrected chi connectivity index (χ2v) is 5.52. The Balaban J connectivity index is 2.01. The number of carbonyl (C=O) groups excluding carboxylic acids is 1. The van der Waals surface area contributed by atoms with E-state index in [1.807, 2.05) is 6.07 Å². The van der Waals surface area contributed by atoms with Crippen molar-refractivity contribution in [3.63, 3.8) is 0 Å². The molecule has 0 aliphatic rings. The van der Waals surface area contributed by atoms with Gasteiger partial charge in [0.15, 0.2) is 0 Å². The molecule has 0 aliphatic carbocycles. The predicted octanol–water partition coefficient (Wildman–Crippen LogP) is 3.53. The Kier molecular flexibility index (Phi) is 5.75. The monoisotopic (exact) mass is 306 g/mol. The Morgan fingerprint density at radius 1 is 1.24 bits per heavy atom. The number of hydrogen-bond acceptors (Lipinski definition) is 2. The van der Waals surface area contributed by atoms with Crippen molar-refractivity contribution in [2.45, 2.75) is 13.3 Å². The highest BCUT2D eigenvalue weighted by Gasteiger charge is 2.09. The van der Waals surface area contributed by atoms with Crippen molar-refractivity contribution < 1.29 is 9.18 Å². The minimum Gasteiger partial charge on any atom is -0.338 e. The zero-order chi connectivity index (χ0) is 15.1. The molecular formula is C16H19FN2OS. The van der Waals surface area contributed by atoms with Crippen LogP contribution in [-0.4, -0.2) is 25.8 Å². The lowest BCUT2D eigenvalue weighted by Crippen LogP contribution is -2.37. The van der Waals surface area contributed by atoms with Crippen LogP contribution in [0.3, 0.4) is 0 Å². The molecule has 21 heavy (non-hydrogen) atoms. The van der Waals surface area contributed by atoms with Gasteiger partial charge in [-0.2, -0.15) is 11.3 Å². The molecule has 0 saturated heterocycles. The first-order valence-corrected chi connectivity index (χ1v) is 7.85. The third-order valence-electron chi connectivity index (χ3n) is 3.23. The summed E-state index contributed by atoms with van der Waals surface area (Å²) in [6.07, 6.45) is 0.746. The molecule has 0 bridgehead atoms. The Morgan fingerprint density at radius 3 is 2.76 bits per heavy atom. The summed E-state index contributed by atoms with van der Waals surface area (Å²) in [6.45, 7) is 2.13. The molecule has 5 heteroatoms. The second kappa shape index (κ2) is 7.78. The van der Waals surface area contributed by atoms with Crippen molar-refractivity contribution >= 4 is 17.4 Å². The van der Waals surface area contributed by atoms with Crippen molar-refractivity contribution in [1.29, 1.82) is 0 Å². The van der Waals surface area contributed by atoms with Crippen molar-refractivity contribution in [2.75, 3.05) is 19.8 Å². The van der Waals surface area contributed by atoms with E-state index < -0.39 is 6.67 Å². The molecular weight excluding hydrogens is 287 g/mol. The van der Waals surface area contributed by atoms with Gasteiger partial charge in [-0.3, -0.25) is 0 Å². The van der Waals surface area contributed by atoms with Crippen LogP contribution in [0, 0.1) is 6.92 Å². The first-order valence-electron chi connectivity index (χ1n) is 6.91. The summed E-state index contributed by atoms with van der Waals surface area (Å²) in [4.78, 5) is 11.4. The maximum Gasteiger partial charge on any atom is 0.314 e. The molecule has 0 saturated carbocycles. The lowest BCUT2D eigenvalue weighted by atomic mass is 9.95. The van der Waals surface area contributed by atoms with Gasteiger partial charge in [-0.15, -0.1) is 0 Å². The number of thiophene rings is 1. The number of benzene rings is 1. The fourth-order valence-electron chi connectivity index (χ4n) is 2.29. The van der Waals surface area contributed by atoms with E-state index in [4.69, 9.17) is 0 Å². The van der Waals surface area contributed by atoms with Crippen molar-refractivity contribution in [3.8, 4) is 11.1 Å². The van der Waals surface area contributed by atoms with Crippen LogP contribution in [0.25, 0.3) is 11.1 Å². The van der Waals surface area contributed by atoms with Crippen LogP contribution in [0.5, 0.6) is 0 Å². The van der Waals surface area contributed by atoms with Gasteiger partial charge in [0.1, 0.15) is 6.67 Å². The molecule has 0 radical (unpaired) electrons. The van der Waals surface area contributed by atoms with Gasteiger partial charge in [0.05, 0.1) is 0 Å². The molecule has 2 aromatic rings. The number of rotatable bonds is 6. The lowest BCUT2D eigenvalue weighted by molar-refractivity contribution is 0.240. The van der Waals surface area contributed by atoms with Crippen molar-refractivity contribution in [3.05, 3.63) is 46.2 Å². The summed E-state index contributed by atoms with van der Waals surface area (Å²) < 4.78 is 12.0. The molecule has 2 rings (SSSR count). The zero-order valence-electron chi connectivity index (χ0n) is 12.0. The average Bonchev–Trinajstić information content (AvgIpc) is 2.99. The molecule has 0 atom stereocenters. The highest BCUT2D eigenvalue weighted by atomic mass is 32.1. The van der Waals surface area contributed by atoms with Gasteiger partial charge in [-0.1, -0.05) is 18.2 Å². The van der Waals surface area contributed by atoms with E-state index in [0.29, 0.717) is 6.54 Å².